The van der Waals surface area contributed by atoms with E-state index < -0.39 is 24.2 Å². The van der Waals surface area contributed by atoms with Gasteiger partial charge in [-0.2, -0.15) is 0 Å². The summed E-state index contributed by atoms with van der Waals surface area (Å²) >= 11 is 1.66. The zero-order valence-electron chi connectivity index (χ0n) is 30.8. The summed E-state index contributed by atoms with van der Waals surface area (Å²) < 4.78 is 72.7. The molecule has 0 atom stereocenters. The molecule has 0 aliphatic carbocycles. The van der Waals surface area contributed by atoms with Gasteiger partial charge in [0.25, 0.3) is 0 Å². The molecule has 43 heavy (non-hydrogen) atoms. The van der Waals surface area contributed by atoms with Gasteiger partial charge >= 0.3 is 0 Å². The lowest BCUT2D eigenvalue weighted by molar-refractivity contribution is 1.40. The Balaban J connectivity index is 1.50. The van der Waals surface area contributed by atoms with Crippen molar-refractivity contribution in [2.45, 2.75) is 9.79 Å². The molecule has 0 N–H and O–H groups in total. The Labute approximate surface area is 266 Å². The quantitative estimate of drug-likeness (QED) is 0.190. The van der Waals surface area contributed by atoms with Gasteiger partial charge in [-0.1, -0.05) is 151 Å². The highest BCUT2D eigenvalue weighted by atomic mass is 32.2. The van der Waals surface area contributed by atoms with Gasteiger partial charge in [-0.05, 0) is 89.6 Å². The van der Waals surface area contributed by atoms with E-state index in [1.165, 1.54) is 0 Å². The summed E-state index contributed by atoms with van der Waals surface area (Å²) in [6, 6.07) is 32.7. The maximum absolute atomic E-state index is 9.38. The van der Waals surface area contributed by atoms with Crippen LogP contribution in [0.2, 0.25) is 0 Å². The van der Waals surface area contributed by atoms with Gasteiger partial charge in [-0.3, -0.25) is 0 Å². The second-order valence-electron chi connectivity index (χ2n) is 10.6. The minimum absolute atomic E-state index is 0.205. The number of hydrogen-bond donors (Lipinski definition) is 0. The molecule has 0 bridgehead atoms. The van der Waals surface area contributed by atoms with Crippen LogP contribution in [0.15, 0.2) is 167 Å². The molecule has 8 aromatic rings. The Bertz CT molecular complexity index is 2730. The van der Waals surface area contributed by atoms with Crippen molar-refractivity contribution < 1.29 is 11.0 Å². The molecule has 1 aliphatic heterocycles. The highest BCUT2D eigenvalue weighted by Crippen LogP contribution is 2.51. The first-order valence-corrected chi connectivity index (χ1v) is 14.9. The van der Waals surface area contributed by atoms with Crippen LogP contribution in [-0.4, -0.2) is 0 Å². The number of fused-ring (bicyclic) bond motifs is 4. The van der Waals surface area contributed by atoms with E-state index in [0.29, 0.717) is 22.3 Å². The molecule has 1 aliphatic rings. The molecule has 200 valence electrons. The summed E-state index contributed by atoms with van der Waals surface area (Å²) in [6.07, 6.45) is 0. The Hall–Kier alpha value is -5.11. The molecule has 0 spiro atoms. The van der Waals surface area contributed by atoms with Crippen molar-refractivity contribution in [3.63, 3.8) is 0 Å². The predicted octanol–water partition coefficient (Wildman–Crippen LogP) is 12.3. The Kier molecular flexibility index (Phi) is 4.02. The average molecular weight is 571 g/mol. The van der Waals surface area contributed by atoms with Gasteiger partial charge in [0.2, 0.25) is 0 Å². The normalized spacial score (nSPS) is 14.7. The van der Waals surface area contributed by atoms with Gasteiger partial charge in [0.1, 0.15) is 0 Å². The molecule has 0 unspecified atom stereocenters. The predicted molar refractivity (Wildman–Crippen MR) is 185 cm³/mol. The third-order valence-electron chi connectivity index (χ3n) is 8.30. The first-order chi connectivity index (χ1) is 24.7. The molecule has 0 saturated heterocycles. The summed E-state index contributed by atoms with van der Waals surface area (Å²) in [7, 11) is 0. The van der Waals surface area contributed by atoms with E-state index in [-0.39, 0.29) is 45.7 Å². The highest BCUT2D eigenvalue weighted by Gasteiger charge is 2.22. The van der Waals surface area contributed by atoms with Crippen LogP contribution in [0.25, 0.3) is 76.8 Å². The maximum Gasteiger partial charge on any atom is 0.0629 e. The molecule has 0 radical (unpaired) electrons. The lowest BCUT2D eigenvalue weighted by Crippen LogP contribution is -1.95. The fourth-order valence-corrected chi connectivity index (χ4v) is 7.60. The Morgan fingerprint density at radius 3 is 1.74 bits per heavy atom. The van der Waals surface area contributed by atoms with Crippen LogP contribution in [0.4, 0.5) is 0 Å². The number of rotatable bonds is 3. The summed E-state index contributed by atoms with van der Waals surface area (Å²) in [6.45, 7) is 0. The van der Waals surface area contributed by atoms with E-state index in [2.05, 4.69) is 24.3 Å². The molecule has 1 heteroatoms. The second-order valence-corrected chi connectivity index (χ2v) is 11.7. The molecule has 0 saturated carbocycles. The van der Waals surface area contributed by atoms with E-state index >= 15 is 0 Å². The molecule has 8 aromatic carbocycles. The first kappa shape index (κ1) is 17.8. The lowest BCUT2D eigenvalue weighted by Gasteiger charge is -2.23. The van der Waals surface area contributed by atoms with E-state index in [1.807, 2.05) is 84.9 Å². The van der Waals surface area contributed by atoms with Crippen LogP contribution in [0.1, 0.15) is 11.0 Å². The fraction of sp³-hybridized carbons (Fsp3) is 0. The fourth-order valence-electron chi connectivity index (χ4n) is 6.47. The van der Waals surface area contributed by atoms with Crippen LogP contribution >= 0.6 is 11.8 Å². The smallest absolute Gasteiger partial charge is 0.0629 e. The topological polar surface area (TPSA) is 0 Å². The van der Waals surface area contributed by atoms with E-state index in [0.717, 1.165) is 42.8 Å². The molecular weight excluding hydrogens is 537 g/mol. The van der Waals surface area contributed by atoms with E-state index in [1.54, 1.807) is 11.8 Å². The van der Waals surface area contributed by atoms with Crippen molar-refractivity contribution in [1.29, 1.82) is 0 Å². The van der Waals surface area contributed by atoms with Crippen molar-refractivity contribution in [2.24, 2.45) is 0 Å². The Morgan fingerprint density at radius 1 is 0.419 bits per heavy atom. The van der Waals surface area contributed by atoms with Crippen LogP contribution in [0.3, 0.4) is 0 Å². The van der Waals surface area contributed by atoms with Crippen molar-refractivity contribution in [3.05, 3.63) is 158 Å². The Morgan fingerprint density at radius 2 is 1.02 bits per heavy atom. The van der Waals surface area contributed by atoms with Gasteiger partial charge in [-0.25, -0.2) is 0 Å². The molecule has 9 rings (SSSR count). The van der Waals surface area contributed by atoms with Gasteiger partial charge in [-0.15, -0.1) is 0 Å². The van der Waals surface area contributed by atoms with Crippen molar-refractivity contribution in [2.75, 3.05) is 0 Å². The number of benzene rings is 8. The van der Waals surface area contributed by atoms with Crippen LogP contribution in [0, 0.1) is 0 Å². The average Bonchev–Trinajstić information content (AvgIpc) is 3.17. The second kappa shape index (κ2) is 9.73. The molecule has 0 amide bonds. The van der Waals surface area contributed by atoms with Crippen molar-refractivity contribution >= 4 is 44.1 Å². The molecule has 0 fully saturated rings. The zero-order valence-corrected chi connectivity index (χ0v) is 23.6. The largest absolute Gasteiger partial charge is 0.0888 e. The van der Waals surface area contributed by atoms with Gasteiger partial charge in [0.15, 0.2) is 0 Å². The first-order valence-electron chi connectivity index (χ1n) is 18.1. The summed E-state index contributed by atoms with van der Waals surface area (Å²) in [4.78, 5) is 2.17. The monoisotopic (exact) mass is 570 g/mol. The molecule has 0 nitrogen and oxygen atoms in total. The summed E-state index contributed by atoms with van der Waals surface area (Å²) in [5.74, 6) is 0. The van der Waals surface area contributed by atoms with Crippen molar-refractivity contribution in [3.8, 4) is 44.5 Å². The van der Waals surface area contributed by atoms with E-state index in [4.69, 9.17) is 5.48 Å². The summed E-state index contributed by atoms with van der Waals surface area (Å²) in [5, 5.41) is 3.06. The summed E-state index contributed by atoms with van der Waals surface area (Å²) in [5.41, 5.74) is 5.50. The third kappa shape index (κ3) is 3.79. The minimum Gasteiger partial charge on any atom is -0.0888 e. The maximum atomic E-state index is 9.38. The van der Waals surface area contributed by atoms with Gasteiger partial charge < -0.3 is 0 Å². The molecular formula is C42H26S. The zero-order chi connectivity index (χ0) is 35.3. The highest BCUT2D eigenvalue weighted by molar-refractivity contribution is 7.99. The van der Waals surface area contributed by atoms with Crippen LogP contribution in [0.5, 0.6) is 0 Å². The van der Waals surface area contributed by atoms with Crippen molar-refractivity contribution in [1.82, 2.24) is 0 Å². The third-order valence-corrected chi connectivity index (χ3v) is 9.44. The lowest BCUT2D eigenvalue weighted by atomic mass is 9.83. The molecule has 1 heterocycles. The van der Waals surface area contributed by atoms with Crippen LogP contribution in [-0.2, 0) is 0 Å². The van der Waals surface area contributed by atoms with Gasteiger partial charge in [0.05, 0.1) is 11.0 Å². The van der Waals surface area contributed by atoms with E-state index in [9.17, 15) is 5.48 Å². The SMILES string of the molecule is [2H]c1c([2H])c([2H])c2c(-c3ccccc3-c3ccccc3)c3c([2H])c([2H])c([2H])c([2H])c3c(-c3ccc4c(c3)-c3cccc5cccc(c35)S4)c2c1[2H]. The minimum atomic E-state index is -0.415. The number of hydrogen-bond acceptors (Lipinski definition) is 1. The standard InChI is InChI=1S/C42H26S/c1-2-12-27(13-3-1)30-16-4-5-17-31(30)42-34-20-8-6-18-32(34)40(33-19-7-9-21-35(33)42)29-24-25-38-37(26-29)36-22-10-14-28-15-11-23-39(43-38)41(28)36/h1-26H/i6D,7D,8D,9D,18D,19D,20D,21D. The van der Waals surface area contributed by atoms with Crippen LogP contribution < -0.4 is 0 Å². The molecule has 0 aromatic heterocycles. The van der Waals surface area contributed by atoms with Gasteiger partial charge in [0, 0.05) is 15.2 Å².